The van der Waals surface area contributed by atoms with Crippen LogP contribution < -0.4 is 0 Å². The Hall–Kier alpha value is -2.31. The Morgan fingerprint density at radius 2 is 2.11 bits per heavy atom. The van der Waals surface area contributed by atoms with E-state index in [4.69, 9.17) is 9.47 Å². The lowest BCUT2D eigenvalue weighted by Gasteiger charge is -2.18. The highest BCUT2D eigenvalue weighted by Crippen LogP contribution is 2.25. The molecular formula is C11H11N3O4. The van der Waals surface area contributed by atoms with E-state index in [1.165, 1.54) is 0 Å². The molecule has 2 heterocycles. The predicted octanol–water partition coefficient (Wildman–Crippen LogP) is 0.725. The standard InChI is InChI=1S/C11H11N3O4/c1-11(2,3)18-7(15)4-6-8-9(10(16)17-6)12-5-13-14-8/h4-5H,1-3H3. The molecule has 0 bridgehead atoms. The zero-order valence-electron chi connectivity index (χ0n) is 10.1. The van der Waals surface area contributed by atoms with Crippen LogP contribution in [0.5, 0.6) is 0 Å². The zero-order chi connectivity index (χ0) is 13.3. The highest BCUT2D eigenvalue weighted by Gasteiger charge is 2.31. The smallest absolute Gasteiger partial charge is 0.364 e. The molecule has 1 aliphatic rings. The summed E-state index contributed by atoms with van der Waals surface area (Å²) >= 11 is 0. The summed E-state index contributed by atoms with van der Waals surface area (Å²) in [5, 5.41) is 7.24. The van der Waals surface area contributed by atoms with E-state index < -0.39 is 17.5 Å². The second kappa shape index (κ2) is 4.17. The van der Waals surface area contributed by atoms with Crippen LogP contribution in [0.1, 0.15) is 37.0 Å². The van der Waals surface area contributed by atoms with Crippen LogP contribution in [0.3, 0.4) is 0 Å². The molecule has 0 aromatic carbocycles. The van der Waals surface area contributed by atoms with Gasteiger partial charge in [0.25, 0.3) is 0 Å². The Morgan fingerprint density at radius 1 is 1.39 bits per heavy atom. The van der Waals surface area contributed by atoms with E-state index in [1.807, 2.05) is 0 Å². The van der Waals surface area contributed by atoms with Crippen LogP contribution in [-0.2, 0) is 14.3 Å². The van der Waals surface area contributed by atoms with E-state index in [2.05, 4.69) is 15.2 Å². The number of fused-ring (bicyclic) bond motifs is 1. The van der Waals surface area contributed by atoms with Crippen LogP contribution in [0.4, 0.5) is 0 Å². The minimum absolute atomic E-state index is 0.00449. The number of hydrogen-bond donors (Lipinski definition) is 0. The topological polar surface area (TPSA) is 91.3 Å². The van der Waals surface area contributed by atoms with Crippen LogP contribution >= 0.6 is 0 Å². The van der Waals surface area contributed by atoms with Gasteiger partial charge in [-0.15, -0.1) is 10.2 Å². The van der Waals surface area contributed by atoms with Crippen LogP contribution in [-0.4, -0.2) is 32.7 Å². The molecule has 18 heavy (non-hydrogen) atoms. The first kappa shape index (κ1) is 12.2. The summed E-state index contributed by atoms with van der Waals surface area (Å²) in [6, 6.07) is 0. The highest BCUT2D eigenvalue weighted by molar-refractivity contribution is 6.03. The van der Waals surface area contributed by atoms with Gasteiger partial charge in [-0.25, -0.2) is 14.6 Å². The van der Waals surface area contributed by atoms with E-state index in [0.717, 1.165) is 12.4 Å². The van der Waals surface area contributed by atoms with Crippen molar-refractivity contribution in [2.75, 3.05) is 0 Å². The third-order valence-electron chi connectivity index (χ3n) is 1.91. The van der Waals surface area contributed by atoms with Crippen LogP contribution in [0.15, 0.2) is 12.4 Å². The van der Waals surface area contributed by atoms with Crippen molar-refractivity contribution in [3.8, 4) is 0 Å². The maximum absolute atomic E-state index is 11.6. The summed E-state index contributed by atoms with van der Waals surface area (Å²) in [5.41, 5.74) is -0.437. The molecule has 0 spiro atoms. The van der Waals surface area contributed by atoms with Crippen LogP contribution in [0, 0.1) is 0 Å². The number of carbonyl (C=O) groups is 2. The van der Waals surface area contributed by atoms with Crippen molar-refractivity contribution in [2.45, 2.75) is 26.4 Å². The molecule has 2 rings (SSSR count). The quantitative estimate of drug-likeness (QED) is 0.535. The molecule has 0 unspecified atom stereocenters. The lowest BCUT2D eigenvalue weighted by atomic mass is 10.2. The fraction of sp³-hybridized carbons (Fsp3) is 0.364. The Kier molecular flexibility index (Phi) is 2.82. The predicted molar refractivity (Wildman–Crippen MR) is 59.1 cm³/mol. The van der Waals surface area contributed by atoms with Crippen molar-refractivity contribution in [1.29, 1.82) is 0 Å². The molecular weight excluding hydrogens is 238 g/mol. The van der Waals surface area contributed by atoms with E-state index in [9.17, 15) is 9.59 Å². The monoisotopic (exact) mass is 249 g/mol. The number of esters is 2. The van der Waals surface area contributed by atoms with Gasteiger partial charge in [-0.1, -0.05) is 0 Å². The molecule has 7 nitrogen and oxygen atoms in total. The molecule has 0 radical (unpaired) electrons. The maximum atomic E-state index is 11.6. The Bertz CT molecular complexity index is 545. The zero-order valence-corrected chi connectivity index (χ0v) is 10.1. The van der Waals surface area contributed by atoms with E-state index in [1.54, 1.807) is 20.8 Å². The molecule has 0 N–H and O–H groups in total. The van der Waals surface area contributed by atoms with E-state index in [0.29, 0.717) is 0 Å². The molecule has 0 saturated heterocycles. The van der Waals surface area contributed by atoms with Gasteiger partial charge in [-0.2, -0.15) is 0 Å². The summed E-state index contributed by atoms with van der Waals surface area (Å²) < 4.78 is 9.95. The molecule has 0 atom stereocenters. The lowest BCUT2D eigenvalue weighted by Crippen LogP contribution is -2.22. The minimum Gasteiger partial charge on any atom is -0.457 e. The average molecular weight is 249 g/mol. The van der Waals surface area contributed by atoms with Gasteiger partial charge in [0.05, 0.1) is 6.08 Å². The van der Waals surface area contributed by atoms with Gasteiger partial charge in [0.1, 0.15) is 11.9 Å². The number of cyclic esters (lactones) is 1. The molecule has 94 valence electrons. The minimum atomic E-state index is -0.658. The number of ether oxygens (including phenoxy) is 2. The SMILES string of the molecule is CC(C)(C)OC(=O)C=C1OC(=O)c2ncnnc21. The second-order valence-corrected chi connectivity index (χ2v) is 4.59. The van der Waals surface area contributed by atoms with Gasteiger partial charge >= 0.3 is 11.9 Å². The molecule has 1 aliphatic heterocycles. The molecule has 1 aromatic heterocycles. The average Bonchev–Trinajstić information content (AvgIpc) is 2.54. The maximum Gasteiger partial charge on any atom is 0.364 e. The lowest BCUT2D eigenvalue weighted by molar-refractivity contribution is -0.148. The van der Waals surface area contributed by atoms with Crippen LogP contribution in [0.25, 0.3) is 5.76 Å². The number of rotatable bonds is 1. The fourth-order valence-corrected chi connectivity index (χ4v) is 1.32. The highest BCUT2D eigenvalue weighted by atomic mass is 16.6. The first-order valence-corrected chi connectivity index (χ1v) is 5.22. The van der Waals surface area contributed by atoms with Crippen molar-refractivity contribution in [3.05, 3.63) is 23.8 Å². The first-order chi connectivity index (χ1) is 8.37. The molecule has 1 aromatic rings. The summed E-state index contributed by atoms with van der Waals surface area (Å²) in [5.74, 6) is -1.27. The molecule has 0 aliphatic carbocycles. The number of carbonyl (C=O) groups excluding carboxylic acids is 2. The van der Waals surface area contributed by atoms with Gasteiger partial charge in [0.15, 0.2) is 17.1 Å². The summed E-state index contributed by atoms with van der Waals surface area (Å²) in [4.78, 5) is 26.7. The third-order valence-corrected chi connectivity index (χ3v) is 1.91. The van der Waals surface area contributed by atoms with Crippen LogP contribution in [0.2, 0.25) is 0 Å². The third kappa shape index (κ3) is 2.50. The van der Waals surface area contributed by atoms with Crippen molar-refractivity contribution < 1.29 is 19.1 Å². The molecule has 0 saturated carbocycles. The summed E-state index contributed by atoms with van der Waals surface area (Å²) in [6.45, 7) is 5.21. The number of aromatic nitrogens is 3. The Labute approximate surface area is 103 Å². The number of nitrogens with zero attached hydrogens (tertiary/aromatic N) is 3. The van der Waals surface area contributed by atoms with Crippen molar-refractivity contribution in [3.63, 3.8) is 0 Å². The summed E-state index contributed by atoms with van der Waals surface area (Å²) in [7, 11) is 0. The molecule has 0 amide bonds. The first-order valence-electron chi connectivity index (χ1n) is 5.22. The van der Waals surface area contributed by atoms with Gasteiger partial charge in [-0.05, 0) is 20.8 Å². The number of hydrogen-bond acceptors (Lipinski definition) is 7. The molecule has 7 heteroatoms. The van der Waals surface area contributed by atoms with Crippen molar-refractivity contribution in [2.24, 2.45) is 0 Å². The Balaban J connectivity index is 2.27. The van der Waals surface area contributed by atoms with E-state index in [-0.39, 0.29) is 17.1 Å². The fourth-order valence-electron chi connectivity index (χ4n) is 1.32. The van der Waals surface area contributed by atoms with Gasteiger partial charge in [-0.3, -0.25) is 0 Å². The van der Waals surface area contributed by atoms with E-state index >= 15 is 0 Å². The Morgan fingerprint density at radius 3 is 2.78 bits per heavy atom. The van der Waals surface area contributed by atoms with Gasteiger partial charge < -0.3 is 9.47 Å². The molecule has 0 fully saturated rings. The second-order valence-electron chi connectivity index (χ2n) is 4.59. The van der Waals surface area contributed by atoms with Crippen molar-refractivity contribution >= 4 is 17.7 Å². The van der Waals surface area contributed by atoms with Gasteiger partial charge in [0.2, 0.25) is 0 Å². The largest absolute Gasteiger partial charge is 0.457 e. The summed E-state index contributed by atoms with van der Waals surface area (Å²) in [6.07, 6.45) is 2.20. The van der Waals surface area contributed by atoms with Gasteiger partial charge in [0, 0.05) is 0 Å². The normalized spacial score (nSPS) is 16.4. The van der Waals surface area contributed by atoms with Crippen molar-refractivity contribution in [1.82, 2.24) is 15.2 Å².